The van der Waals surface area contributed by atoms with Crippen LogP contribution in [0.2, 0.25) is 0 Å². The predicted molar refractivity (Wildman–Crippen MR) is 98.8 cm³/mol. The molecule has 0 aromatic carbocycles. The molecule has 0 aliphatic carbocycles. The second kappa shape index (κ2) is 9.16. The summed E-state index contributed by atoms with van der Waals surface area (Å²) in [6, 6.07) is 0. The summed E-state index contributed by atoms with van der Waals surface area (Å²) in [5, 5.41) is 40.4. The molecule has 34 heavy (non-hydrogen) atoms. The lowest BCUT2D eigenvalue weighted by Crippen LogP contribution is -2.45. The summed E-state index contributed by atoms with van der Waals surface area (Å²) in [4.78, 5) is 59.3. The van der Waals surface area contributed by atoms with Crippen LogP contribution >= 0.6 is 23.5 Å². The highest BCUT2D eigenvalue weighted by Gasteiger charge is 2.56. The van der Waals surface area contributed by atoms with E-state index in [1.54, 1.807) is 0 Å². The number of aliphatic hydroxyl groups is 3. The molecule has 0 spiro atoms. The normalized spacial score (nSPS) is 30.9. The lowest BCUT2D eigenvalue weighted by atomic mass is 9.91. The van der Waals surface area contributed by atoms with Gasteiger partial charge in [-0.3, -0.25) is 19.4 Å². The fourth-order valence-corrected chi connectivity index (χ4v) is 6.13. The molecule has 1 aromatic rings. The molecule has 2 aliphatic heterocycles. The van der Waals surface area contributed by atoms with E-state index in [2.05, 4.69) is 23.3 Å². The number of nitrogens with zero attached hydrogens (tertiary/aromatic N) is 2. The highest BCUT2D eigenvalue weighted by Crippen LogP contribution is 2.66. The van der Waals surface area contributed by atoms with Gasteiger partial charge in [0, 0.05) is 11.1 Å². The average Bonchev–Trinajstić information content (AvgIpc) is 2.88. The van der Waals surface area contributed by atoms with Gasteiger partial charge in [-0.25, -0.2) is 13.7 Å². The number of fused-ring (bicyclic) bond motifs is 1. The third kappa shape index (κ3) is 5.81. The van der Waals surface area contributed by atoms with Gasteiger partial charge in [0.2, 0.25) is 11.7 Å². The van der Waals surface area contributed by atoms with Crippen LogP contribution in [0, 0.1) is 0 Å². The SMILES string of the molecule is O=C1Cc2c([C@]3(O)O[C@H](COP(=O)(O)OP(=O)(O)OP(=O)(O)O)[C@@H](O)[C@H]3O)cnnc2C(=O)N1. The quantitative estimate of drug-likeness (QED) is 0.117. The molecule has 0 bridgehead atoms. The van der Waals surface area contributed by atoms with Crippen LogP contribution in [0.25, 0.3) is 0 Å². The van der Waals surface area contributed by atoms with E-state index in [0.717, 1.165) is 6.20 Å². The van der Waals surface area contributed by atoms with Gasteiger partial charge in [0.15, 0.2) is 5.69 Å². The Bertz CT molecular complexity index is 1160. The Morgan fingerprint density at radius 2 is 1.76 bits per heavy atom. The van der Waals surface area contributed by atoms with Gasteiger partial charge in [0.05, 0.1) is 19.2 Å². The maximum Gasteiger partial charge on any atom is 0.490 e. The second-order valence-corrected chi connectivity index (χ2v) is 11.2. The second-order valence-electron chi connectivity index (χ2n) is 6.81. The third-order valence-corrected chi connectivity index (χ3v) is 8.20. The van der Waals surface area contributed by atoms with Crippen molar-refractivity contribution in [2.45, 2.75) is 30.5 Å². The fourth-order valence-electron chi connectivity index (χ4n) is 3.10. The van der Waals surface area contributed by atoms with Crippen molar-refractivity contribution in [3.05, 3.63) is 23.0 Å². The Balaban J connectivity index is 1.78. The van der Waals surface area contributed by atoms with E-state index >= 15 is 0 Å². The van der Waals surface area contributed by atoms with Crippen LogP contribution in [-0.2, 0) is 48.6 Å². The monoisotopic (exact) mass is 551 g/mol. The van der Waals surface area contributed by atoms with Crippen molar-refractivity contribution < 1.29 is 76.1 Å². The first-order valence-electron chi connectivity index (χ1n) is 8.68. The van der Waals surface area contributed by atoms with Crippen LogP contribution in [-0.4, -0.2) is 81.8 Å². The summed E-state index contributed by atoms with van der Waals surface area (Å²) in [5.41, 5.74) is -1.01. The first kappa shape index (κ1) is 27.1. The van der Waals surface area contributed by atoms with Crippen molar-refractivity contribution in [1.29, 1.82) is 0 Å². The molecule has 3 rings (SSSR count). The summed E-state index contributed by atoms with van der Waals surface area (Å²) in [5.74, 6) is -4.57. The van der Waals surface area contributed by atoms with Crippen molar-refractivity contribution in [3.63, 3.8) is 0 Å². The molecule has 19 nitrogen and oxygen atoms in total. The van der Waals surface area contributed by atoms with Gasteiger partial charge in [-0.1, -0.05) is 0 Å². The van der Waals surface area contributed by atoms with E-state index in [9.17, 15) is 43.5 Å². The first-order valence-corrected chi connectivity index (χ1v) is 13.2. The van der Waals surface area contributed by atoms with E-state index in [1.807, 2.05) is 5.32 Å². The summed E-state index contributed by atoms with van der Waals surface area (Å²) >= 11 is 0. The molecular formula is C12H16N3O16P3. The number of amides is 2. The number of rotatable bonds is 8. The molecule has 2 aliphatic rings. The van der Waals surface area contributed by atoms with Gasteiger partial charge >= 0.3 is 23.5 Å². The van der Waals surface area contributed by atoms with E-state index in [-0.39, 0.29) is 11.3 Å². The molecule has 0 saturated carbocycles. The maximum absolute atomic E-state index is 11.9. The third-order valence-electron chi connectivity index (χ3n) is 4.40. The summed E-state index contributed by atoms with van der Waals surface area (Å²) < 4.78 is 50.4. The van der Waals surface area contributed by atoms with E-state index in [1.165, 1.54) is 0 Å². The standard InChI is InChI=1S/C12H16N3O16P3/c16-7-1-4-5(2-13-15-8(4)11(19)14-7)12(20)10(18)9(17)6(29-12)3-28-33(24,25)31-34(26,27)30-32(21,22)23/h2,6,9-10,17-18,20H,1,3H2,(H,24,25)(H,26,27)(H,14,16,19)(H2,21,22,23)/t6-,9-,10-,12+/m1/s1. The molecule has 3 heterocycles. The van der Waals surface area contributed by atoms with Gasteiger partial charge < -0.3 is 39.6 Å². The Labute approximate surface area is 187 Å². The van der Waals surface area contributed by atoms with Crippen LogP contribution in [0.3, 0.4) is 0 Å². The Morgan fingerprint density at radius 1 is 1.12 bits per heavy atom. The number of carbonyl (C=O) groups is 2. The highest BCUT2D eigenvalue weighted by atomic mass is 31.3. The number of imide groups is 1. The van der Waals surface area contributed by atoms with Crippen molar-refractivity contribution in [1.82, 2.24) is 15.5 Å². The topological polar surface area (TPSA) is 302 Å². The van der Waals surface area contributed by atoms with Crippen LogP contribution in [0.15, 0.2) is 6.20 Å². The van der Waals surface area contributed by atoms with Crippen LogP contribution in [0.5, 0.6) is 0 Å². The minimum absolute atomic E-state index is 0.189. The molecular weight excluding hydrogens is 535 g/mol. The van der Waals surface area contributed by atoms with Crippen molar-refractivity contribution in [2.24, 2.45) is 0 Å². The smallest absolute Gasteiger partial charge is 0.387 e. The molecule has 8 N–H and O–H groups in total. The van der Waals surface area contributed by atoms with Gasteiger partial charge in [-0.15, -0.1) is 5.10 Å². The Hall–Kier alpha value is -1.53. The largest absolute Gasteiger partial charge is 0.490 e. The van der Waals surface area contributed by atoms with Gasteiger partial charge in [-0.05, 0) is 0 Å². The number of ether oxygens (including phenoxy) is 1. The van der Waals surface area contributed by atoms with E-state index in [4.69, 9.17) is 19.4 Å². The molecule has 2 amide bonds. The van der Waals surface area contributed by atoms with Crippen molar-refractivity contribution >= 4 is 35.3 Å². The van der Waals surface area contributed by atoms with Gasteiger partial charge in [-0.2, -0.15) is 13.7 Å². The average molecular weight is 551 g/mol. The lowest BCUT2D eigenvalue weighted by molar-refractivity contribution is -0.240. The fraction of sp³-hybridized carbons (Fsp3) is 0.500. The molecule has 1 saturated heterocycles. The van der Waals surface area contributed by atoms with Gasteiger partial charge in [0.25, 0.3) is 5.91 Å². The summed E-state index contributed by atoms with van der Waals surface area (Å²) in [7, 11) is -17.0. The van der Waals surface area contributed by atoms with Crippen molar-refractivity contribution in [2.75, 3.05) is 6.61 Å². The highest BCUT2D eigenvalue weighted by molar-refractivity contribution is 7.66. The van der Waals surface area contributed by atoms with Crippen LogP contribution in [0.1, 0.15) is 21.6 Å². The minimum Gasteiger partial charge on any atom is -0.387 e. The van der Waals surface area contributed by atoms with Gasteiger partial charge in [0.1, 0.15) is 18.3 Å². The number of carbonyl (C=O) groups excluding carboxylic acids is 2. The van der Waals surface area contributed by atoms with Crippen molar-refractivity contribution in [3.8, 4) is 0 Å². The maximum atomic E-state index is 11.9. The van der Waals surface area contributed by atoms with Crippen LogP contribution in [0.4, 0.5) is 0 Å². The molecule has 1 aromatic heterocycles. The van der Waals surface area contributed by atoms with Crippen LogP contribution < -0.4 is 5.32 Å². The molecule has 2 unspecified atom stereocenters. The zero-order valence-electron chi connectivity index (χ0n) is 16.3. The van der Waals surface area contributed by atoms with E-state index < -0.39 is 78.0 Å². The molecule has 190 valence electrons. The number of aromatic nitrogens is 2. The number of phosphoric acid groups is 3. The first-order chi connectivity index (χ1) is 15.4. The van der Waals surface area contributed by atoms with E-state index in [0.29, 0.717) is 0 Å². The summed E-state index contributed by atoms with van der Waals surface area (Å²) in [6.45, 7) is -1.20. The zero-order chi connectivity index (χ0) is 25.7. The number of hydrogen-bond acceptors (Lipinski definition) is 14. The number of nitrogens with one attached hydrogen (secondary N) is 1. The predicted octanol–water partition coefficient (Wildman–Crippen LogP) is -3.10. The Morgan fingerprint density at radius 3 is 2.38 bits per heavy atom. The zero-order valence-corrected chi connectivity index (χ0v) is 18.9. The number of hydrogen-bond donors (Lipinski definition) is 8. The molecule has 1 fully saturated rings. The molecule has 6 atom stereocenters. The molecule has 0 radical (unpaired) electrons. The minimum atomic E-state index is -5.81. The summed E-state index contributed by atoms with van der Waals surface area (Å²) in [6.07, 6.45) is -5.73. The molecule has 22 heteroatoms. The number of aliphatic hydroxyl groups excluding tert-OH is 2. The Kier molecular flexibility index (Phi) is 7.29. The number of phosphoric ester groups is 1. The lowest BCUT2D eigenvalue weighted by Gasteiger charge is -2.29.